The molecule has 0 radical (unpaired) electrons. The molecular weight excluding hydrogens is 240 g/mol. The minimum atomic E-state index is -0.337. The molecule has 2 aromatic rings. The number of phenols is 1. The molecule has 0 saturated carbocycles. The molecular formula is C11H10N2O3S. The first-order valence-corrected chi connectivity index (χ1v) is 5.68. The monoisotopic (exact) mass is 250 g/mol. The summed E-state index contributed by atoms with van der Waals surface area (Å²) in [6, 6.07) is 6.11. The SMILES string of the molecule is Cc1[nH]c(=O)sc1C(=O)Nc1ccc(O)cc1. The molecule has 17 heavy (non-hydrogen) atoms. The van der Waals surface area contributed by atoms with Crippen LogP contribution < -0.4 is 10.2 Å². The van der Waals surface area contributed by atoms with Gasteiger partial charge >= 0.3 is 4.87 Å². The van der Waals surface area contributed by atoms with Crippen LogP contribution in [-0.4, -0.2) is 16.0 Å². The van der Waals surface area contributed by atoms with Crippen LogP contribution in [0.1, 0.15) is 15.4 Å². The van der Waals surface area contributed by atoms with Gasteiger partial charge in [-0.1, -0.05) is 11.3 Å². The van der Waals surface area contributed by atoms with E-state index in [0.29, 0.717) is 16.3 Å². The zero-order valence-corrected chi connectivity index (χ0v) is 9.80. The summed E-state index contributed by atoms with van der Waals surface area (Å²) in [5.74, 6) is -0.206. The van der Waals surface area contributed by atoms with E-state index < -0.39 is 0 Å². The van der Waals surface area contributed by atoms with Crippen LogP contribution in [0.4, 0.5) is 5.69 Å². The predicted molar refractivity (Wildman–Crippen MR) is 65.7 cm³/mol. The Hall–Kier alpha value is -2.08. The molecule has 0 aliphatic rings. The molecule has 0 fully saturated rings. The third kappa shape index (κ3) is 2.54. The van der Waals surface area contributed by atoms with Crippen molar-refractivity contribution in [1.82, 2.24) is 4.98 Å². The molecule has 6 heteroatoms. The number of rotatable bonds is 2. The number of aryl methyl sites for hydroxylation is 1. The summed E-state index contributed by atoms with van der Waals surface area (Å²) in [7, 11) is 0. The molecule has 88 valence electrons. The van der Waals surface area contributed by atoms with Gasteiger partial charge in [-0.15, -0.1) is 0 Å². The fraction of sp³-hybridized carbons (Fsp3) is 0.0909. The van der Waals surface area contributed by atoms with Crippen LogP contribution in [0, 0.1) is 6.92 Å². The Morgan fingerprint density at radius 3 is 2.53 bits per heavy atom. The lowest BCUT2D eigenvalue weighted by atomic mass is 10.3. The van der Waals surface area contributed by atoms with Crippen molar-refractivity contribution in [3.63, 3.8) is 0 Å². The summed E-state index contributed by atoms with van der Waals surface area (Å²) < 4.78 is 0. The molecule has 1 amide bonds. The first kappa shape index (κ1) is 11.4. The lowest BCUT2D eigenvalue weighted by molar-refractivity contribution is 0.103. The average molecular weight is 250 g/mol. The summed E-state index contributed by atoms with van der Waals surface area (Å²) in [5.41, 5.74) is 1.12. The van der Waals surface area contributed by atoms with Crippen molar-refractivity contribution >= 4 is 22.9 Å². The van der Waals surface area contributed by atoms with Gasteiger partial charge in [0.15, 0.2) is 0 Å². The van der Waals surface area contributed by atoms with E-state index >= 15 is 0 Å². The van der Waals surface area contributed by atoms with Gasteiger partial charge < -0.3 is 15.4 Å². The summed E-state index contributed by atoms with van der Waals surface area (Å²) in [4.78, 5) is 25.5. The molecule has 0 saturated heterocycles. The maximum atomic E-state index is 11.8. The van der Waals surface area contributed by atoms with Crippen molar-refractivity contribution in [3.8, 4) is 5.75 Å². The van der Waals surface area contributed by atoms with E-state index in [1.165, 1.54) is 12.1 Å². The van der Waals surface area contributed by atoms with Crippen LogP contribution in [0.25, 0.3) is 0 Å². The normalized spacial score (nSPS) is 10.2. The van der Waals surface area contributed by atoms with Gasteiger partial charge in [0.1, 0.15) is 10.6 Å². The highest BCUT2D eigenvalue weighted by atomic mass is 32.1. The van der Waals surface area contributed by atoms with Crippen molar-refractivity contribution in [2.45, 2.75) is 6.92 Å². The fourth-order valence-electron chi connectivity index (χ4n) is 1.35. The fourth-order valence-corrected chi connectivity index (χ4v) is 2.09. The second-order valence-electron chi connectivity index (χ2n) is 3.47. The number of aromatic amines is 1. The van der Waals surface area contributed by atoms with Crippen molar-refractivity contribution < 1.29 is 9.90 Å². The number of hydrogen-bond donors (Lipinski definition) is 3. The summed E-state index contributed by atoms with van der Waals surface area (Å²) in [6.45, 7) is 1.67. The number of aromatic nitrogens is 1. The molecule has 3 N–H and O–H groups in total. The topological polar surface area (TPSA) is 82.2 Å². The van der Waals surface area contributed by atoms with Gasteiger partial charge in [-0.25, -0.2) is 0 Å². The summed E-state index contributed by atoms with van der Waals surface area (Å²) in [6.07, 6.45) is 0. The van der Waals surface area contributed by atoms with E-state index in [9.17, 15) is 9.59 Å². The molecule has 0 spiro atoms. The lowest BCUT2D eigenvalue weighted by Gasteiger charge is -2.03. The van der Waals surface area contributed by atoms with Crippen LogP contribution in [0.3, 0.4) is 0 Å². The van der Waals surface area contributed by atoms with Gasteiger partial charge in [0.2, 0.25) is 0 Å². The minimum Gasteiger partial charge on any atom is -0.508 e. The highest BCUT2D eigenvalue weighted by Gasteiger charge is 2.13. The number of amides is 1. The van der Waals surface area contributed by atoms with Crippen molar-refractivity contribution in [2.24, 2.45) is 0 Å². The number of H-pyrrole nitrogens is 1. The quantitative estimate of drug-likeness (QED) is 0.709. The Morgan fingerprint density at radius 1 is 1.35 bits per heavy atom. The molecule has 0 aliphatic carbocycles. The Bertz CT molecular complexity index is 598. The molecule has 0 bridgehead atoms. The molecule has 5 nitrogen and oxygen atoms in total. The average Bonchev–Trinajstić information content (AvgIpc) is 2.61. The van der Waals surface area contributed by atoms with Gasteiger partial charge in [0.05, 0.1) is 0 Å². The molecule has 1 aromatic heterocycles. The Kier molecular flexibility index (Phi) is 2.97. The third-order valence-corrected chi connectivity index (χ3v) is 3.14. The maximum absolute atomic E-state index is 11.8. The zero-order valence-electron chi connectivity index (χ0n) is 8.98. The molecule has 0 aliphatic heterocycles. The van der Waals surface area contributed by atoms with E-state index in [1.807, 2.05) is 0 Å². The molecule has 2 rings (SSSR count). The number of hydrogen-bond acceptors (Lipinski definition) is 4. The number of carbonyl (C=O) groups excluding carboxylic acids is 1. The van der Waals surface area contributed by atoms with Crippen molar-refractivity contribution in [1.29, 1.82) is 0 Å². The van der Waals surface area contributed by atoms with Crippen LogP contribution in [-0.2, 0) is 0 Å². The largest absolute Gasteiger partial charge is 0.508 e. The van der Waals surface area contributed by atoms with E-state index in [-0.39, 0.29) is 16.5 Å². The third-order valence-electron chi connectivity index (χ3n) is 2.16. The van der Waals surface area contributed by atoms with Gasteiger partial charge in [-0.05, 0) is 31.2 Å². The number of carbonyl (C=O) groups is 1. The van der Waals surface area contributed by atoms with E-state index in [0.717, 1.165) is 11.3 Å². The van der Waals surface area contributed by atoms with Crippen molar-refractivity contribution in [3.05, 3.63) is 44.5 Å². The second kappa shape index (κ2) is 4.42. The molecule has 1 aromatic carbocycles. The van der Waals surface area contributed by atoms with E-state index in [1.54, 1.807) is 19.1 Å². The number of nitrogens with one attached hydrogen (secondary N) is 2. The zero-order chi connectivity index (χ0) is 12.4. The number of thiazole rings is 1. The van der Waals surface area contributed by atoms with Gasteiger partial charge in [0.25, 0.3) is 5.91 Å². The van der Waals surface area contributed by atoms with Gasteiger partial charge in [0, 0.05) is 11.4 Å². The molecule has 1 heterocycles. The highest BCUT2D eigenvalue weighted by Crippen LogP contribution is 2.16. The Morgan fingerprint density at radius 2 is 2.00 bits per heavy atom. The number of phenolic OH excluding ortho intramolecular Hbond substituents is 1. The molecule has 0 atom stereocenters. The first-order chi connectivity index (χ1) is 8.06. The number of benzene rings is 1. The highest BCUT2D eigenvalue weighted by molar-refractivity contribution is 7.11. The van der Waals surface area contributed by atoms with Crippen LogP contribution >= 0.6 is 11.3 Å². The standard InChI is InChI=1S/C11H10N2O3S/c1-6-9(17-11(16)12-6)10(15)13-7-2-4-8(14)5-3-7/h2-5,14H,1H3,(H,12,16)(H,13,15). The maximum Gasteiger partial charge on any atom is 0.305 e. The predicted octanol–water partition coefficient (Wildman–Crippen LogP) is 1.70. The minimum absolute atomic E-state index is 0.130. The van der Waals surface area contributed by atoms with Gasteiger partial charge in [-0.2, -0.15) is 0 Å². The Labute approximate surface area is 101 Å². The summed E-state index contributed by atoms with van der Waals surface area (Å²) in [5, 5.41) is 11.7. The lowest BCUT2D eigenvalue weighted by Crippen LogP contribution is -2.11. The smallest absolute Gasteiger partial charge is 0.305 e. The van der Waals surface area contributed by atoms with Crippen molar-refractivity contribution in [2.75, 3.05) is 5.32 Å². The number of anilines is 1. The molecule has 0 unspecified atom stereocenters. The number of aromatic hydroxyl groups is 1. The first-order valence-electron chi connectivity index (χ1n) is 4.86. The van der Waals surface area contributed by atoms with Crippen LogP contribution in [0.2, 0.25) is 0 Å². The second-order valence-corrected chi connectivity index (χ2v) is 4.45. The van der Waals surface area contributed by atoms with Gasteiger partial charge in [-0.3, -0.25) is 9.59 Å². The van der Waals surface area contributed by atoms with Crippen LogP contribution in [0.15, 0.2) is 29.1 Å². The summed E-state index contributed by atoms with van der Waals surface area (Å²) >= 11 is 0.872. The van der Waals surface area contributed by atoms with Crippen LogP contribution in [0.5, 0.6) is 5.75 Å². The van der Waals surface area contributed by atoms with E-state index in [2.05, 4.69) is 10.3 Å². The Balaban J connectivity index is 2.20. The van der Waals surface area contributed by atoms with E-state index in [4.69, 9.17) is 5.11 Å².